The van der Waals surface area contributed by atoms with Crippen LogP contribution in [0.2, 0.25) is 0 Å². The zero-order chi connectivity index (χ0) is 12.4. The first-order valence-corrected chi connectivity index (χ1v) is 6.80. The van der Waals surface area contributed by atoms with Crippen LogP contribution in [-0.2, 0) is 0 Å². The molecule has 0 N–H and O–H groups in total. The summed E-state index contributed by atoms with van der Waals surface area (Å²) in [6, 6.07) is 10.4. The number of rotatable bonds is 2. The van der Waals surface area contributed by atoms with Gasteiger partial charge in [-0.2, -0.15) is 0 Å². The fourth-order valence-corrected chi connectivity index (χ4v) is 2.83. The average molecular weight is 241 g/mol. The quantitative estimate of drug-likeness (QED) is 0.804. The third kappa shape index (κ3) is 2.17. The van der Waals surface area contributed by atoms with Crippen molar-refractivity contribution in [3.8, 4) is 5.69 Å². The van der Waals surface area contributed by atoms with E-state index in [2.05, 4.69) is 46.0 Å². The van der Waals surface area contributed by atoms with Gasteiger partial charge in [-0.05, 0) is 30.9 Å². The van der Waals surface area contributed by atoms with Gasteiger partial charge in [-0.1, -0.05) is 38.0 Å². The summed E-state index contributed by atoms with van der Waals surface area (Å²) in [7, 11) is 0. The van der Waals surface area contributed by atoms with E-state index in [4.69, 9.17) is 0 Å². The van der Waals surface area contributed by atoms with Crippen LogP contribution >= 0.6 is 0 Å². The summed E-state index contributed by atoms with van der Waals surface area (Å²) < 4.78 is 2.14. The standard InChI is InChI=1S/C15H19N3/c1-12-7-9-13(10-8-12)15-17-16-11-18(15)14-5-3-2-4-6-14/h2-6,11-13H,7-10H2,1H3. The predicted molar refractivity (Wildman–Crippen MR) is 71.7 cm³/mol. The normalized spacial score (nSPS) is 24.1. The van der Waals surface area contributed by atoms with Crippen molar-refractivity contribution < 1.29 is 0 Å². The molecule has 18 heavy (non-hydrogen) atoms. The predicted octanol–water partition coefficient (Wildman–Crippen LogP) is 3.56. The van der Waals surface area contributed by atoms with Gasteiger partial charge >= 0.3 is 0 Å². The second-order valence-corrected chi connectivity index (χ2v) is 5.35. The molecule has 0 saturated heterocycles. The van der Waals surface area contributed by atoms with Gasteiger partial charge in [0.25, 0.3) is 0 Å². The Kier molecular flexibility index (Phi) is 3.13. The highest BCUT2D eigenvalue weighted by Crippen LogP contribution is 2.35. The van der Waals surface area contributed by atoms with Gasteiger partial charge in [-0.15, -0.1) is 10.2 Å². The van der Waals surface area contributed by atoms with Crippen molar-refractivity contribution >= 4 is 0 Å². The van der Waals surface area contributed by atoms with Crippen molar-refractivity contribution in [3.63, 3.8) is 0 Å². The summed E-state index contributed by atoms with van der Waals surface area (Å²) in [6.45, 7) is 2.35. The minimum atomic E-state index is 0.573. The van der Waals surface area contributed by atoms with E-state index in [0.717, 1.165) is 17.4 Å². The summed E-state index contributed by atoms with van der Waals surface area (Å²) >= 11 is 0. The molecule has 1 aromatic carbocycles. The van der Waals surface area contributed by atoms with Crippen molar-refractivity contribution in [2.24, 2.45) is 5.92 Å². The third-order valence-electron chi connectivity index (χ3n) is 3.99. The topological polar surface area (TPSA) is 30.7 Å². The van der Waals surface area contributed by atoms with Gasteiger partial charge in [-0.25, -0.2) is 0 Å². The number of hydrogen-bond acceptors (Lipinski definition) is 2. The molecule has 3 nitrogen and oxygen atoms in total. The lowest BCUT2D eigenvalue weighted by Gasteiger charge is -2.25. The summed E-state index contributed by atoms with van der Waals surface area (Å²) in [5, 5.41) is 8.46. The highest BCUT2D eigenvalue weighted by atomic mass is 15.3. The summed E-state index contributed by atoms with van der Waals surface area (Å²) in [5.41, 5.74) is 1.16. The zero-order valence-electron chi connectivity index (χ0n) is 10.8. The van der Waals surface area contributed by atoms with Crippen LogP contribution in [0.3, 0.4) is 0 Å². The van der Waals surface area contributed by atoms with Gasteiger partial charge in [-0.3, -0.25) is 4.57 Å². The molecule has 3 heteroatoms. The molecular weight excluding hydrogens is 222 g/mol. The van der Waals surface area contributed by atoms with Gasteiger partial charge in [0.05, 0.1) is 0 Å². The highest BCUT2D eigenvalue weighted by molar-refractivity contribution is 5.32. The van der Waals surface area contributed by atoms with Crippen LogP contribution in [0.1, 0.15) is 44.3 Å². The lowest BCUT2D eigenvalue weighted by atomic mass is 9.82. The van der Waals surface area contributed by atoms with E-state index < -0.39 is 0 Å². The van der Waals surface area contributed by atoms with E-state index in [9.17, 15) is 0 Å². The molecule has 0 unspecified atom stereocenters. The maximum Gasteiger partial charge on any atom is 0.140 e. The number of para-hydroxylation sites is 1. The maximum absolute atomic E-state index is 4.35. The van der Waals surface area contributed by atoms with Crippen LogP contribution in [0.5, 0.6) is 0 Å². The van der Waals surface area contributed by atoms with Crippen molar-refractivity contribution in [1.29, 1.82) is 0 Å². The summed E-state index contributed by atoms with van der Waals surface area (Å²) in [6.07, 6.45) is 6.95. The molecule has 0 spiro atoms. The van der Waals surface area contributed by atoms with E-state index in [1.54, 1.807) is 0 Å². The molecule has 94 valence electrons. The number of benzene rings is 1. The van der Waals surface area contributed by atoms with Crippen molar-refractivity contribution in [2.75, 3.05) is 0 Å². The largest absolute Gasteiger partial charge is 0.285 e. The Bertz CT molecular complexity index is 495. The Morgan fingerprint density at radius 3 is 2.50 bits per heavy atom. The first-order valence-electron chi connectivity index (χ1n) is 6.80. The Labute approximate surface area is 108 Å². The van der Waals surface area contributed by atoms with E-state index in [1.807, 2.05) is 12.4 Å². The van der Waals surface area contributed by atoms with Gasteiger partial charge < -0.3 is 0 Å². The molecule has 0 amide bonds. The van der Waals surface area contributed by atoms with Gasteiger partial charge in [0.1, 0.15) is 12.2 Å². The smallest absolute Gasteiger partial charge is 0.140 e. The van der Waals surface area contributed by atoms with Gasteiger partial charge in [0, 0.05) is 11.6 Å². The average Bonchev–Trinajstić information content (AvgIpc) is 2.90. The van der Waals surface area contributed by atoms with Crippen LogP contribution in [0.4, 0.5) is 0 Å². The van der Waals surface area contributed by atoms with Crippen LogP contribution in [0, 0.1) is 5.92 Å². The fourth-order valence-electron chi connectivity index (χ4n) is 2.83. The fraction of sp³-hybridized carbons (Fsp3) is 0.467. The molecule has 0 radical (unpaired) electrons. The molecule has 0 atom stereocenters. The van der Waals surface area contributed by atoms with Crippen molar-refractivity contribution in [2.45, 2.75) is 38.5 Å². The molecule has 2 aromatic rings. The maximum atomic E-state index is 4.35. The Balaban J connectivity index is 1.88. The number of hydrogen-bond donors (Lipinski definition) is 0. The first kappa shape index (κ1) is 11.5. The lowest BCUT2D eigenvalue weighted by molar-refractivity contribution is 0.337. The van der Waals surface area contributed by atoms with Crippen LogP contribution in [0.25, 0.3) is 5.69 Å². The van der Waals surface area contributed by atoms with E-state index in [-0.39, 0.29) is 0 Å². The summed E-state index contributed by atoms with van der Waals surface area (Å²) in [4.78, 5) is 0. The molecule has 1 aliphatic carbocycles. The SMILES string of the molecule is CC1CCC(c2nncn2-c2ccccc2)CC1. The Morgan fingerprint density at radius 1 is 1.06 bits per heavy atom. The molecule has 0 bridgehead atoms. The van der Waals surface area contributed by atoms with Crippen molar-refractivity contribution in [3.05, 3.63) is 42.5 Å². The first-order chi connectivity index (χ1) is 8.84. The molecular formula is C15H19N3. The number of aromatic nitrogens is 3. The second kappa shape index (κ2) is 4.92. The number of nitrogens with zero attached hydrogens (tertiary/aromatic N) is 3. The Hall–Kier alpha value is -1.64. The minimum absolute atomic E-state index is 0.573. The minimum Gasteiger partial charge on any atom is -0.285 e. The van der Waals surface area contributed by atoms with Crippen LogP contribution in [0.15, 0.2) is 36.7 Å². The zero-order valence-corrected chi connectivity index (χ0v) is 10.8. The molecule has 1 aliphatic rings. The highest BCUT2D eigenvalue weighted by Gasteiger charge is 2.24. The molecule has 1 aromatic heterocycles. The summed E-state index contributed by atoms with van der Waals surface area (Å²) in [5.74, 6) is 2.58. The van der Waals surface area contributed by atoms with Gasteiger partial charge in [0.15, 0.2) is 0 Å². The van der Waals surface area contributed by atoms with E-state index in [0.29, 0.717) is 5.92 Å². The van der Waals surface area contributed by atoms with Crippen molar-refractivity contribution in [1.82, 2.24) is 14.8 Å². The van der Waals surface area contributed by atoms with Crippen LogP contribution < -0.4 is 0 Å². The molecule has 3 rings (SSSR count). The van der Waals surface area contributed by atoms with E-state index >= 15 is 0 Å². The molecule has 1 heterocycles. The second-order valence-electron chi connectivity index (χ2n) is 5.35. The van der Waals surface area contributed by atoms with Crippen LogP contribution in [-0.4, -0.2) is 14.8 Å². The molecule has 1 fully saturated rings. The molecule has 1 saturated carbocycles. The lowest BCUT2D eigenvalue weighted by Crippen LogP contribution is -2.14. The van der Waals surface area contributed by atoms with Gasteiger partial charge in [0.2, 0.25) is 0 Å². The third-order valence-corrected chi connectivity index (χ3v) is 3.99. The monoisotopic (exact) mass is 241 g/mol. The molecule has 0 aliphatic heterocycles. The Morgan fingerprint density at radius 2 is 1.78 bits per heavy atom. The van der Waals surface area contributed by atoms with E-state index in [1.165, 1.54) is 25.7 Å².